The van der Waals surface area contributed by atoms with Crippen molar-refractivity contribution in [1.29, 1.82) is 0 Å². The van der Waals surface area contributed by atoms with Gasteiger partial charge in [-0.05, 0) is 44.0 Å². The van der Waals surface area contributed by atoms with E-state index >= 15 is 0 Å². The normalized spacial score (nSPS) is 13.2. The van der Waals surface area contributed by atoms with E-state index in [2.05, 4.69) is 15.8 Å². The van der Waals surface area contributed by atoms with E-state index in [0.717, 1.165) is 12.1 Å². The summed E-state index contributed by atoms with van der Waals surface area (Å²) in [6, 6.07) is 3.44. The van der Waals surface area contributed by atoms with Crippen LogP contribution < -0.4 is 10.6 Å². The first kappa shape index (κ1) is 16.5. The van der Waals surface area contributed by atoms with E-state index in [-0.39, 0.29) is 23.9 Å². The predicted octanol–water partition coefficient (Wildman–Crippen LogP) is 2.75. The smallest absolute Gasteiger partial charge is 0.261 e. The first-order valence-electron chi connectivity index (χ1n) is 6.83. The molecule has 2 N–H and O–H groups in total. The van der Waals surface area contributed by atoms with E-state index in [1.165, 1.54) is 0 Å². The Morgan fingerprint density at radius 3 is 2.86 bits per heavy atom. The molecule has 0 bridgehead atoms. The number of aromatic nitrogens is 1. The van der Waals surface area contributed by atoms with Gasteiger partial charge in [-0.15, -0.1) is 12.4 Å². The molecule has 1 aliphatic heterocycles. The lowest BCUT2D eigenvalue weighted by molar-refractivity contribution is 0.102. The summed E-state index contributed by atoms with van der Waals surface area (Å²) in [6.45, 7) is 4.74. The van der Waals surface area contributed by atoms with Crippen LogP contribution in [0.25, 0.3) is 0 Å². The number of fused-ring (bicyclic) bond motifs is 1. The van der Waals surface area contributed by atoms with Crippen LogP contribution in [0, 0.1) is 19.7 Å². The minimum atomic E-state index is -0.404. The summed E-state index contributed by atoms with van der Waals surface area (Å²) in [4.78, 5) is 12.2. The Morgan fingerprint density at radius 1 is 1.41 bits per heavy atom. The van der Waals surface area contributed by atoms with Crippen molar-refractivity contribution >= 4 is 24.0 Å². The van der Waals surface area contributed by atoms with Crippen LogP contribution in [0.4, 0.5) is 10.1 Å². The van der Waals surface area contributed by atoms with Gasteiger partial charge in [0.15, 0.2) is 0 Å². The number of rotatable bonds is 2. The molecule has 0 saturated carbocycles. The molecule has 1 aliphatic rings. The van der Waals surface area contributed by atoms with Gasteiger partial charge in [0.25, 0.3) is 5.91 Å². The highest BCUT2D eigenvalue weighted by Gasteiger charge is 2.21. The number of nitrogens with one attached hydrogen (secondary N) is 2. The fourth-order valence-electron chi connectivity index (χ4n) is 2.62. The second-order valence-electron chi connectivity index (χ2n) is 5.14. The lowest BCUT2D eigenvalue weighted by atomic mass is 9.99. The lowest BCUT2D eigenvalue weighted by Crippen LogP contribution is -2.25. The number of nitrogens with zero attached hydrogens (tertiary/aromatic N) is 1. The molecule has 118 valence electrons. The Morgan fingerprint density at radius 2 is 2.18 bits per heavy atom. The van der Waals surface area contributed by atoms with E-state index < -0.39 is 5.91 Å². The molecule has 1 aromatic heterocycles. The second kappa shape index (κ2) is 6.46. The number of hydrogen-bond acceptors (Lipinski definition) is 4. The molecule has 2 heterocycles. The number of aryl methyl sites for hydroxylation is 2. The fraction of sp³-hybridized carbons (Fsp3) is 0.333. The van der Waals surface area contributed by atoms with Gasteiger partial charge in [-0.3, -0.25) is 4.79 Å². The van der Waals surface area contributed by atoms with E-state index in [9.17, 15) is 9.18 Å². The van der Waals surface area contributed by atoms with Gasteiger partial charge >= 0.3 is 0 Å². The molecule has 0 spiro atoms. The molecule has 2 aromatic rings. The molecule has 0 fully saturated rings. The number of halogens is 2. The number of amides is 1. The van der Waals surface area contributed by atoms with Gasteiger partial charge in [-0.1, -0.05) is 11.2 Å². The minimum Gasteiger partial charge on any atom is -0.361 e. The zero-order valence-corrected chi connectivity index (χ0v) is 13.1. The zero-order valence-electron chi connectivity index (χ0n) is 12.3. The van der Waals surface area contributed by atoms with Crippen molar-refractivity contribution in [1.82, 2.24) is 10.5 Å². The molecule has 3 rings (SSSR count). The Labute approximate surface area is 133 Å². The SMILES string of the molecule is Cc1noc(C)c1C(=O)Nc1ccc2c(c1F)CCNC2.Cl. The van der Waals surface area contributed by atoms with Crippen LogP contribution in [-0.2, 0) is 13.0 Å². The van der Waals surface area contributed by atoms with Crippen LogP contribution >= 0.6 is 12.4 Å². The standard InChI is InChI=1S/C15H16FN3O2.ClH/c1-8-13(9(2)21-19-8)15(20)18-12-4-3-10-7-17-6-5-11(10)14(12)16;/h3-4,17H,5-7H2,1-2H3,(H,18,20);1H. The molecule has 0 atom stereocenters. The maximum Gasteiger partial charge on any atom is 0.261 e. The molecular weight excluding hydrogens is 309 g/mol. The third kappa shape index (κ3) is 2.84. The van der Waals surface area contributed by atoms with E-state index in [1.54, 1.807) is 19.9 Å². The van der Waals surface area contributed by atoms with Gasteiger partial charge in [0.05, 0.1) is 11.4 Å². The Bertz CT molecular complexity index is 696. The van der Waals surface area contributed by atoms with Crippen LogP contribution in [0.5, 0.6) is 0 Å². The summed E-state index contributed by atoms with van der Waals surface area (Å²) in [5, 5.41) is 9.53. The van der Waals surface area contributed by atoms with Crippen molar-refractivity contribution in [3.05, 3.63) is 46.1 Å². The second-order valence-corrected chi connectivity index (χ2v) is 5.14. The van der Waals surface area contributed by atoms with Gasteiger partial charge in [0.1, 0.15) is 17.1 Å². The Kier molecular flexibility index (Phi) is 4.83. The highest BCUT2D eigenvalue weighted by atomic mass is 35.5. The van der Waals surface area contributed by atoms with Crippen LogP contribution in [0.1, 0.15) is 32.9 Å². The number of benzene rings is 1. The summed E-state index contributed by atoms with van der Waals surface area (Å²) in [5.74, 6) is -0.333. The van der Waals surface area contributed by atoms with Gasteiger partial charge in [0.2, 0.25) is 0 Å². The molecular formula is C15H17ClFN3O2. The predicted molar refractivity (Wildman–Crippen MR) is 83.0 cm³/mol. The van der Waals surface area contributed by atoms with E-state index in [0.29, 0.717) is 35.5 Å². The van der Waals surface area contributed by atoms with Crippen molar-refractivity contribution in [3.8, 4) is 0 Å². The molecule has 0 radical (unpaired) electrons. The minimum absolute atomic E-state index is 0. The average molecular weight is 326 g/mol. The number of carbonyl (C=O) groups excluding carboxylic acids is 1. The molecule has 5 nitrogen and oxygen atoms in total. The highest BCUT2D eigenvalue weighted by molar-refractivity contribution is 6.05. The van der Waals surface area contributed by atoms with Crippen molar-refractivity contribution in [2.75, 3.05) is 11.9 Å². The van der Waals surface area contributed by atoms with Gasteiger partial charge in [-0.25, -0.2) is 4.39 Å². The quantitative estimate of drug-likeness (QED) is 0.891. The molecule has 0 unspecified atom stereocenters. The number of hydrogen-bond donors (Lipinski definition) is 2. The molecule has 0 saturated heterocycles. The summed E-state index contributed by atoms with van der Waals surface area (Å²) in [5.41, 5.74) is 2.65. The number of carbonyl (C=O) groups is 1. The maximum absolute atomic E-state index is 14.5. The molecule has 22 heavy (non-hydrogen) atoms. The lowest BCUT2D eigenvalue weighted by Gasteiger charge is -2.19. The third-order valence-corrected chi connectivity index (χ3v) is 3.72. The molecule has 0 aliphatic carbocycles. The monoisotopic (exact) mass is 325 g/mol. The van der Waals surface area contributed by atoms with E-state index in [4.69, 9.17) is 4.52 Å². The first-order valence-corrected chi connectivity index (χ1v) is 6.83. The fourth-order valence-corrected chi connectivity index (χ4v) is 2.62. The van der Waals surface area contributed by atoms with Crippen molar-refractivity contribution in [3.63, 3.8) is 0 Å². The van der Waals surface area contributed by atoms with Crippen LogP contribution in [0.15, 0.2) is 16.7 Å². The summed E-state index contributed by atoms with van der Waals surface area (Å²) in [7, 11) is 0. The number of anilines is 1. The zero-order chi connectivity index (χ0) is 15.0. The Hall–Kier alpha value is -1.92. The topological polar surface area (TPSA) is 67.2 Å². The van der Waals surface area contributed by atoms with Crippen molar-refractivity contribution in [2.24, 2.45) is 0 Å². The third-order valence-electron chi connectivity index (χ3n) is 3.72. The maximum atomic E-state index is 14.5. The summed E-state index contributed by atoms with van der Waals surface area (Å²) in [6.07, 6.45) is 0.621. The van der Waals surface area contributed by atoms with Crippen LogP contribution in [0.3, 0.4) is 0 Å². The Balaban J connectivity index is 0.00000176. The first-order chi connectivity index (χ1) is 10.1. The summed E-state index contributed by atoms with van der Waals surface area (Å²) < 4.78 is 19.4. The molecule has 7 heteroatoms. The molecule has 1 amide bonds. The largest absolute Gasteiger partial charge is 0.361 e. The van der Waals surface area contributed by atoms with Gasteiger partial charge < -0.3 is 15.2 Å². The van der Waals surface area contributed by atoms with E-state index in [1.807, 2.05) is 6.07 Å². The summed E-state index contributed by atoms with van der Waals surface area (Å²) >= 11 is 0. The average Bonchev–Trinajstić information content (AvgIpc) is 2.81. The van der Waals surface area contributed by atoms with Crippen LogP contribution in [-0.4, -0.2) is 17.6 Å². The van der Waals surface area contributed by atoms with Gasteiger partial charge in [-0.2, -0.15) is 0 Å². The van der Waals surface area contributed by atoms with Crippen molar-refractivity contribution < 1.29 is 13.7 Å². The van der Waals surface area contributed by atoms with Gasteiger partial charge in [0, 0.05) is 6.54 Å². The molecule has 1 aromatic carbocycles. The highest BCUT2D eigenvalue weighted by Crippen LogP contribution is 2.25. The van der Waals surface area contributed by atoms with Crippen LogP contribution in [0.2, 0.25) is 0 Å². The van der Waals surface area contributed by atoms with Crippen molar-refractivity contribution in [2.45, 2.75) is 26.8 Å².